The Morgan fingerprint density at radius 2 is 2.21 bits per heavy atom. The van der Waals surface area contributed by atoms with E-state index >= 15 is 0 Å². The largest absolute Gasteiger partial charge is 0.383 e. The molecule has 0 spiro atoms. The molecule has 4 nitrogen and oxygen atoms in total. The zero-order chi connectivity index (χ0) is 13.6. The third kappa shape index (κ3) is 2.39. The van der Waals surface area contributed by atoms with Crippen LogP contribution in [0.25, 0.3) is 0 Å². The van der Waals surface area contributed by atoms with E-state index in [-0.39, 0.29) is 22.6 Å². The van der Waals surface area contributed by atoms with E-state index in [1.165, 1.54) is 6.07 Å². The van der Waals surface area contributed by atoms with Gasteiger partial charge in [0.25, 0.3) is 0 Å². The van der Waals surface area contributed by atoms with Crippen LogP contribution in [-0.2, 0) is 9.84 Å². The summed E-state index contributed by atoms with van der Waals surface area (Å²) < 4.78 is 36.9. The van der Waals surface area contributed by atoms with Crippen molar-refractivity contribution in [2.24, 2.45) is 0 Å². The molecule has 1 fully saturated rings. The Kier molecular flexibility index (Phi) is 3.09. The molecule has 1 atom stereocenters. The highest BCUT2D eigenvalue weighted by molar-refractivity contribution is 7.91. The molecule has 1 aromatic rings. The van der Waals surface area contributed by atoms with Gasteiger partial charge < -0.3 is 10.2 Å². The van der Waals surface area contributed by atoms with Crippen molar-refractivity contribution in [3.63, 3.8) is 0 Å². The van der Waals surface area contributed by atoms with Crippen LogP contribution in [0.15, 0.2) is 12.1 Å². The maximum Gasteiger partial charge on any atom is 0.154 e. The summed E-state index contributed by atoms with van der Waals surface area (Å²) in [6.07, 6.45) is 0.715. The Hall–Kier alpha value is -1.01. The molecule has 3 rings (SSSR count). The second-order valence-electron chi connectivity index (χ2n) is 4.96. The van der Waals surface area contributed by atoms with Gasteiger partial charge in [-0.1, -0.05) is 11.6 Å². The van der Waals surface area contributed by atoms with Crippen molar-refractivity contribution in [2.45, 2.75) is 12.5 Å². The molecular formula is C12H14ClFN2O2S. The summed E-state index contributed by atoms with van der Waals surface area (Å²) in [5.74, 6) is -0.169. The number of halogens is 2. The zero-order valence-electron chi connectivity index (χ0n) is 10.2. The second kappa shape index (κ2) is 4.52. The highest BCUT2D eigenvalue weighted by Crippen LogP contribution is 2.36. The number of anilines is 2. The van der Waals surface area contributed by atoms with E-state index in [9.17, 15) is 12.8 Å². The standard InChI is InChI=1S/C12H14ClFN2O2S/c13-9-5-12-11(6-10(9)14)15-2-1-8-7-19(17,18)4-3-16(8)12/h5-6,8,15H,1-4,7H2. The van der Waals surface area contributed by atoms with Crippen LogP contribution in [0.5, 0.6) is 0 Å². The van der Waals surface area contributed by atoms with Gasteiger partial charge in [0.15, 0.2) is 9.84 Å². The molecule has 2 aliphatic rings. The molecule has 0 radical (unpaired) electrons. The van der Waals surface area contributed by atoms with Gasteiger partial charge in [-0.15, -0.1) is 0 Å². The van der Waals surface area contributed by atoms with Crippen molar-refractivity contribution < 1.29 is 12.8 Å². The summed E-state index contributed by atoms with van der Waals surface area (Å²) in [7, 11) is -2.97. The van der Waals surface area contributed by atoms with Crippen LogP contribution in [0.2, 0.25) is 5.02 Å². The average Bonchev–Trinajstić information content (AvgIpc) is 2.48. The van der Waals surface area contributed by atoms with Crippen molar-refractivity contribution in [1.29, 1.82) is 0 Å². The van der Waals surface area contributed by atoms with Gasteiger partial charge in [-0.2, -0.15) is 0 Å². The molecule has 0 amide bonds. The van der Waals surface area contributed by atoms with E-state index in [1.54, 1.807) is 6.07 Å². The number of nitrogens with one attached hydrogen (secondary N) is 1. The predicted octanol–water partition coefficient (Wildman–Crippen LogP) is 1.90. The summed E-state index contributed by atoms with van der Waals surface area (Å²) >= 11 is 5.84. The summed E-state index contributed by atoms with van der Waals surface area (Å²) in [5, 5.41) is 3.21. The highest BCUT2D eigenvalue weighted by atomic mass is 35.5. The average molecular weight is 305 g/mol. The number of hydrogen-bond donors (Lipinski definition) is 1. The first-order valence-electron chi connectivity index (χ1n) is 6.16. The lowest BCUT2D eigenvalue weighted by Gasteiger charge is -2.36. The van der Waals surface area contributed by atoms with Gasteiger partial charge in [0.2, 0.25) is 0 Å². The van der Waals surface area contributed by atoms with E-state index in [2.05, 4.69) is 5.32 Å². The molecule has 0 aromatic heterocycles. The smallest absolute Gasteiger partial charge is 0.154 e. The van der Waals surface area contributed by atoms with Crippen LogP contribution in [0, 0.1) is 5.82 Å². The van der Waals surface area contributed by atoms with Crippen LogP contribution in [0.3, 0.4) is 0 Å². The first kappa shape index (κ1) is 13.0. The van der Waals surface area contributed by atoms with E-state index < -0.39 is 15.7 Å². The fourth-order valence-corrected chi connectivity index (χ4v) is 4.46. The number of sulfone groups is 1. The second-order valence-corrected chi connectivity index (χ2v) is 7.60. The highest BCUT2D eigenvalue weighted by Gasteiger charge is 2.34. The monoisotopic (exact) mass is 304 g/mol. The van der Waals surface area contributed by atoms with Crippen molar-refractivity contribution >= 4 is 32.8 Å². The third-order valence-corrected chi connectivity index (χ3v) is 5.66. The molecule has 1 unspecified atom stereocenters. The minimum atomic E-state index is -2.97. The number of rotatable bonds is 0. The Labute approximate surface area is 116 Å². The van der Waals surface area contributed by atoms with Crippen LogP contribution in [-0.4, -0.2) is 39.1 Å². The van der Waals surface area contributed by atoms with E-state index in [0.717, 1.165) is 5.69 Å². The molecule has 19 heavy (non-hydrogen) atoms. The molecule has 104 valence electrons. The third-order valence-electron chi connectivity index (χ3n) is 3.67. The molecule has 2 heterocycles. The molecule has 1 aromatic carbocycles. The van der Waals surface area contributed by atoms with Gasteiger partial charge in [0.05, 0.1) is 27.9 Å². The van der Waals surface area contributed by atoms with Crippen molar-refractivity contribution in [2.75, 3.05) is 34.8 Å². The van der Waals surface area contributed by atoms with Gasteiger partial charge in [-0.25, -0.2) is 12.8 Å². The molecule has 2 aliphatic heterocycles. The van der Waals surface area contributed by atoms with Crippen LogP contribution < -0.4 is 10.2 Å². The number of fused-ring (bicyclic) bond motifs is 3. The molecular weight excluding hydrogens is 291 g/mol. The van der Waals surface area contributed by atoms with E-state index in [1.807, 2.05) is 4.90 Å². The van der Waals surface area contributed by atoms with Crippen LogP contribution in [0.1, 0.15) is 6.42 Å². The fourth-order valence-electron chi connectivity index (χ4n) is 2.73. The fraction of sp³-hybridized carbons (Fsp3) is 0.500. The SMILES string of the molecule is O=S1(=O)CCN2c3cc(Cl)c(F)cc3NCCC2C1. The minimum absolute atomic E-state index is 0.0611. The summed E-state index contributed by atoms with van der Waals surface area (Å²) in [5.41, 5.74) is 1.48. The molecule has 1 N–H and O–H groups in total. The van der Waals surface area contributed by atoms with E-state index in [4.69, 9.17) is 11.6 Å². The topological polar surface area (TPSA) is 49.4 Å². The Balaban J connectivity index is 2.04. The molecule has 0 aliphatic carbocycles. The normalized spacial score (nSPS) is 24.9. The van der Waals surface area contributed by atoms with Crippen molar-refractivity contribution in [3.05, 3.63) is 23.0 Å². The van der Waals surface area contributed by atoms with Gasteiger partial charge >= 0.3 is 0 Å². The van der Waals surface area contributed by atoms with Crippen molar-refractivity contribution in [1.82, 2.24) is 0 Å². The molecule has 0 saturated carbocycles. The molecule has 1 saturated heterocycles. The first-order chi connectivity index (χ1) is 8.96. The van der Waals surface area contributed by atoms with Gasteiger partial charge in [-0.3, -0.25) is 0 Å². The van der Waals surface area contributed by atoms with E-state index in [0.29, 0.717) is 25.2 Å². The predicted molar refractivity (Wildman–Crippen MR) is 74.3 cm³/mol. The van der Waals surface area contributed by atoms with Gasteiger partial charge in [0, 0.05) is 25.2 Å². The lowest BCUT2D eigenvalue weighted by Crippen LogP contribution is -2.48. The number of benzene rings is 1. The Bertz CT molecular complexity index is 620. The quantitative estimate of drug-likeness (QED) is 0.795. The Morgan fingerprint density at radius 1 is 1.42 bits per heavy atom. The Morgan fingerprint density at radius 3 is 3.00 bits per heavy atom. The van der Waals surface area contributed by atoms with Crippen LogP contribution in [0.4, 0.5) is 15.8 Å². The first-order valence-corrected chi connectivity index (χ1v) is 8.36. The number of hydrogen-bond acceptors (Lipinski definition) is 4. The minimum Gasteiger partial charge on any atom is -0.383 e. The lowest BCUT2D eigenvalue weighted by atomic mass is 10.1. The summed E-state index contributed by atoms with van der Waals surface area (Å²) in [4.78, 5) is 2.03. The molecule has 0 bridgehead atoms. The maximum atomic E-state index is 13.5. The van der Waals surface area contributed by atoms with Gasteiger partial charge in [-0.05, 0) is 12.5 Å². The van der Waals surface area contributed by atoms with Crippen molar-refractivity contribution in [3.8, 4) is 0 Å². The lowest BCUT2D eigenvalue weighted by molar-refractivity contribution is 0.549. The summed E-state index contributed by atoms with van der Waals surface area (Å²) in [6, 6.07) is 2.90. The molecule has 7 heteroatoms. The van der Waals surface area contributed by atoms with Gasteiger partial charge in [0.1, 0.15) is 5.82 Å². The van der Waals surface area contributed by atoms with Crippen LogP contribution >= 0.6 is 11.6 Å². The summed E-state index contributed by atoms with van der Waals surface area (Å²) in [6.45, 7) is 1.06. The maximum absolute atomic E-state index is 13.5. The number of nitrogens with zero attached hydrogens (tertiary/aromatic N) is 1. The zero-order valence-corrected chi connectivity index (χ0v) is 11.8.